The van der Waals surface area contributed by atoms with E-state index in [-0.39, 0.29) is 5.92 Å². The van der Waals surface area contributed by atoms with Gasteiger partial charge in [0.05, 0.1) is 4.90 Å². The molecule has 0 spiro atoms. The summed E-state index contributed by atoms with van der Waals surface area (Å²) in [5.41, 5.74) is 7.14. The van der Waals surface area contributed by atoms with Gasteiger partial charge < -0.3 is 10.5 Å². The minimum atomic E-state index is -3.50. The van der Waals surface area contributed by atoms with E-state index in [0.717, 1.165) is 5.56 Å². The molecule has 0 saturated heterocycles. The van der Waals surface area contributed by atoms with Crippen LogP contribution in [0.3, 0.4) is 0 Å². The third kappa shape index (κ3) is 4.28. The van der Waals surface area contributed by atoms with Gasteiger partial charge in [0, 0.05) is 26.8 Å². The summed E-state index contributed by atoms with van der Waals surface area (Å²) < 4.78 is 32.1. The Morgan fingerprint density at radius 3 is 2.68 bits per heavy atom. The highest BCUT2D eigenvalue weighted by Crippen LogP contribution is 2.18. The van der Waals surface area contributed by atoms with Crippen LogP contribution < -0.4 is 10.5 Å². The van der Waals surface area contributed by atoms with Crippen molar-refractivity contribution in [1.29, 1.82) is 0 Å². The van der Waals surface area contributed by atoms with E-state index < -0.39 is 10.0 Å². The summed E-state index contributed by atoms with van der Waals surface area (Å²) in [7, 11) is -1.90. The Morgan fingerprint density at radius 1 is 1.42 bits per heavy atom. The molecule has 0 bridgehead atoms. The van der Waals surface area contributed by atoms with Gasteiger partial charge in [0.1, 0.15) is 0 Å². The number of hydrogen-bond donors (Lipinski definition) is 2. The van der Waals surface area contributed by atoms with Crippen LogP contribution in [0.25, 0.3) is 0 Å². The molecule has 5 nitrogen and oxygen atoms in total. The molecule has 3 N–H and O–H groups in total. The van der Waals surface area contributed by atoms with Crippen LogP contribution >= 0.6 is 0 Å². The van der Waals surface area contributed by atoms with Gasteiger partial charge in [-0.2, -0.15) is 0 Å². The topological polar surface area (TPSA) is 81.4 Å². The molecule has 19 heavy (non-hydrogen) atoms. The largest absolute Gasteiger partial charge is 0.384 e. The first-order valence-corrected chi connectivity index (χ1v) is 7.67. The second-order valence-corrected chi connectivity index (χ2v) is 6.39. The maximum Gasteiger partial charge on any atom is 0.240 e. The summed E-state index contributed by atoms with van der Waals surface area (Å²) in [4.78, 5) is 0.292. The van der Waals surface area contributed by atoms with E-state index in [1.165, 1.54) is 0 Å². The van der Waals surface area contributed by atoms with Gasteiger partial charge in [-0.1, -0.05) is 19.1 Å². The summed E-state index contributed by atoms with van der Waals surface area (Å²) in [5.74, 6) is 0.123. The van der Waals surface area contributed by atoms with Crippen molar-refractivity contribution in [1.82, 2.24) is 4.72 Å². The molecule has 0 radical (unpaired) electrons. The Hall–Kier alpha value is -0.950. The van der Waals surface area contributed by atoms with Gasteiger partial charge in [0.2, 0.25) is 10.0 Å². The zero-order valence-corrected chi connectivity index (χ0v) is 12.5. The second kappa shape index (κ2) is 7.00. The summed E-state index contributed by atoms with van der Waals surface area (Å²) in [6.45, 7) is 4.90. The number of benzene rings is 1. The van der Waals surface area contributed by atoms with E-state index in [9.17, 15) is 8.42 Å². The molecule has 0 aliphatic heterocycles. The molecule has 0 aliphatic carbocycles. The van der Waals surface area contributed by atoms with Crippen molar-refractivity contribution in [2.75, 3.05) is 20.3 Å². The molecule has 108 valence electrons. The normalized spacial score (nSPS) is 13.5. The molecule has 1 aromatic rings. The highest BCUT2D eigenvalue weighted by molar-refractivity contribution is 7.89. The first-order chi connectivity index (χ1) is 8.92. The van der Waals surface area contributed by atoms with Gasteiger partial charge in [-0.3, -0.25) is 0 Å². The standard InChI is InChI=1S/C13H22N2O3S/c1-10(9-18-3)8-15-19(16,17)13-6-4-5-12(7-14)11(13)2/h4-6,10,15H,7-9,14H2,1-3H3. The third-order valence-corrected chi connectivity index (χ3v) is 4.55. The van der Waals surface area contributed by atoms with Crippen molar-refractivity contribution in [2.24, 2.45) is 11.7 Å². The number of hydrogen-bond acceptors (Lipinski definition) is 4. The first-order valence-electron chi connectivity index (χ1n) is 6.19. The van der Waals surface area contributed by atoms with E-state index >= 15 is 0 Å². The number of methoxy groups -OCH3 is 1. The molecule has 0 fully saturated rings. The molecule has 1 atom stereocenters. The molecule has 6 heteroatoms. The van der Waals surface area contributed by atoms with E-state index in [1.807, 2.05) is 13.0 Å². The summed E-state index contributed by atoms with van der Waals surface area (Å²) in [5, 5.41) is 0. The molecular weight excluding hydrogens is 264 g/mol. The molecule has 0 amide bonds. The van der Waals surface area contributed by atoms with E-state index in [4.69, 9.17) is 10.5 Å². The van der Waals surface area contributed by atoms with Crippen LogP contribution in [0, 0.1) is 12.8 Å². The first kappa shape index (κ1) is 16.1. The van der Waals surface area contributed by atoms with Crippen LogP contribution in [0.15, 0.2) is 23.1 Å². The molecule has 1 aromatic carbocycles. The maximum atomic E-state index is 12.2. The summed E-state index contributed by atoms with van der Waals surface area (Å²) in [6.07, 6.45) is 0. The smallest absolute Gasteiger partial charge is 0.240 e. The van der Waals surface area contributed by atoms with Crippen LogP contribution in [0.2, 0.25) is 0 Å². The summed E-state index contributed by atoms with van der Waals surface area (Å²) >= 11 is 0. The second-order valence-electron chi connectivity index (χ2n) is 4.66. The lowest BCUT2D eigenvalue weighted by Gasteiger charge is -2.14. The molecule has 0 saturated carbocycles. The molecule has 0 heterocycles. The lowest BCUT2D eigenvalue weighted by atomic mass is 10.1. The fraction of sp³-hybridized carbons (Fsp3) is 0.538. The minimum absolute atomic E-state index is 0.123. The number of rotatable bonds is 7. The van der Waals surface area contributed by atoms with Gasteiger partial charge >= 0.3 is 0 Å². The monoisotopic (exact) mass is 286 g/mol. The molecular formula is C13H22N2O3S. The number of sulfonamides is 1. The van der Waals surface area contributed by atoms with Crippen LogP contribution in [-0.4, -0.2) is 28.7 Å². The Labute approximate surface area is 115 Å². The van der Waals surface area contributed by atoms with Gasteiger partial charge in [-0.05, 0) is 30.0 Å². The van der Waals surface area contributed by atoms with Crippen LogP contribution in [-0.2, 0) is 21.3 Å². The zero-order valence-electron chi connectivity index (χ0n) is 11.6. The third-order valence-electron chi connectivity index (χ3n) is 2.98. The Morgan fingerprint density at radius 2 is 2.11 bits per heavy atom. The lowest BCUT2D eigenvalue weighted by Crippen LogP contribution is -2.30. The predicted molar refractivity (Wildman–Crippen MR) is 75.3 cm³/mol. The van der Waals surface area contributed by atoms with E-state index in [0.29, 0.717) is 30.2 Å². The SMILES string of the molecule is COCC(C)CNS(=O)(=O)c1cccc(CN)c1C. The van der Waals surface area contributed by atoms with Gasteiger partial charge in [-0.15, -0.1) is 0 Å². The van der Waals surface area contributed by atoms with E-state index in [2.05, 4.69) is 4.72 Å². The average Bonchev–Trinajstić information content (AvgIpc) is 2.37. The van der Waals surface area contributed by atoms with Crippen LogP contribution in [0.5, 0.6) is 0 Å². The number of nitrogens with two attached hydrogens (primary N) is 1. The lowest BCUT2D eigenvalue weighted by molar-refractivity contribution is 0.161. The highest BCUT2D eigenvalue weighted by atomic mass is 32.2. The van der Waals surface area contributed by atoms with Crippen LogP contribution in [0.1, 0.15) is 18.1 Å². The molecule has 1 rings (SSSR count). The quantitative estimate of drug-likeness (QED) is 0.784. The fourth-order valence-corrected chi connectivity index (χ4v) is 3.30. The van der Waals surface area contributed by atoms with Crippen molar-refractivity contribution >= 4 is 10.0 Å². The predicted octanol–water partition coefficient (Wildman–Crippen LogP) is 1.01. The Balaban J connectivity index is 2.89. The van der Waals surface area contributed by atoms with Gasteiger partial charge in [0.25, 0.3) is 0 Å². The number of ether oxygens (including phenoxy) is 1. The van der Waals surface area contributed by atoms with Gasteiger partial charge in [0.15, 0.2) is 0 Å². The Bertz CT molecular complexity index is 515. The maximum absolute atomic E-state index is 12.2. The van der Waals surface area contributed by atoms with E-state index in [1.54, 1.807) is 26.2 Å². The zero-order chi connectivity index (χ0) is 14.5. The van der Waals surface area contributed by atoms with Crippen LogP contribution in [0.4, 0.5) is 0 Å². The Kier molecular flexibility index (Phi) is 5.93. The van der Waals surface area contributed by atoms with Crippen molar-refractivity contribution in [2.45, 2.75) is 25.3 Å². The summed E-state index contributed by atoms with van der Waals surface area (Å²) in [6, 6.07) is 5.14. The molecule has 0 aromatic heterocycles. The van der Waals surface area contributed by atoms with Crippen molar-refractivity contribution in [3.63, 3.8) is 0 Å². The fourth-order valence-electron chi connectivity index (χ4n) is 1.85. The molecule has 1 unspecified atom stereocenters. The van der Waals surface area contributed by atoms with Crippen molar-refractivity contribution in [3.8, 4) is 0 Å². The van der Waals surface area contributed by atoms with Crippen molar-refractivity contribution in [3.05, 3.63) is 29.3 Å². The number of nitrogens with one attached hydrogen (secondary N) is 1. The highest BCUT2D eigenvalue weighted by Gasteiger charge is 2.18. The molecule has 0 aliphatic rings. The van der Waals surface area contributed by atoms with Gasteiger partial charge in [-0.25, -0.2) is 13.1 Å². The van der Waals surface area contributed by atoms with Crippen molar-refractivity contribution < 1.29 is 13.2 Å². The average molecular weight is 286 g/mol. The minimum Gasteiger partial charge on any atom is -0.384 e.